The third-order valence-corrected chi connectivity index (χ3v) is 6.25. The van der Waals surface area contributed by atoms with Crippen molar-refractivity contribution in [3.63, 3.8) is 0 Å². The second kappa shape index (κ2) is 7.76. The SMILES string of the molecule is Cc1ccc2nc(SCC(=O)Nc3ccc(S(C)(=O)=O)cc3)n(C)c(=O)c2c1. The highest BCUT2D eigenvalue weighted by molar-refractivity contribution is 7.99. The van der Waals surface area contributed by atoms with E-state index >= 15 is 0 Å². The van der Waals surface area contributed by atoms with Crippen LogP contribution in [0.5, 0.6) is 0 Å². The van der Waals surface area contributed by atoms with Gasteiger partial charge in [0.25, 0.3) is 5.56 Å². The Morgan fingerprint density at radius 1 is 1.18 bits per heavy atom. The summed E-state index contributed by atoms with van der Waals surface area (Å²) < 4.78 is 24.4. The van der Waals surface area contributed by atoms with E-state index in [9.17, 15) is 18.0 Å². The monoisotopic (exact) mass is 417 g/mol. The molecule has 0 atom stereocenters. The molecule has 0 bridgehead atoms. The van der Waals surface area contributed by atoms with E-state index in [2.05, 4.69) is 10.3 Å². The molecule has 28 heavy (non-hydrogen) atoms. The van der Waals surface area contributed by atoms with Gasteiger partial charge in [-0.1, -0.05) is 23.4 Å². The molecule has 0 spiro atoms. The lowest BCUT2D eigenvalue weighted by Gasteiger charge is -2.09. The highest BCUT2D eigenvalue weighted by atomic mass is 32.2. The molecular weight excluding hydrogens is 398 g/mol. The van der Waals surface area contributed by atoms with Crippen molar-refractivity contribution in [1.29, 1.82) is 0 Å². The molecule has 0 aliphatic heterocycles. The smallest absolute Gasteiger partial charge is 0.261 e. The fraction of sp³-hybridized carbons (Fsp3) is 0.211. The molecule has 1 N–H and O–H groups in total. The highest BCUT2D eigenvalue weighted by Gasteiger charge is 2.12. The standard InChI is InChI=1S/C19H19N3O4S2/c1-12-4-9-16-15(10-12)18(24)22(2)19(21-16)27-11-17(23)20-13-5-7-14(8-6-13)28(3,25)26/h4-10H,11H2,1-3H3,(H,20,23). The van der Waals surface area contributed by atoms with Crippen LogP contribution in [-0.4, -0.2) is 35.9 Å². The molecular formula is C19H19N3O4S2. The molecule has 0 saturated carbocycles. The normalized spacial score (nSPS) is 11.5. The summed E-state index contributed by atoms with van der Waals surface area (Å²) in [4.78, 5) is 29.4. The van der Waals surface area contributed by atoms with Crippen molar-refractivity contribution in [2.75, 3.05) is 17.3 Å². The zero-order valence-corrected chi connectivity index (χ0v) is 17.2. The molecule has 1 aromatic heterocycles. The van der Waals surface area contributed by atoms with Crippen LogP contribution in [-0.2, 0) is 21.7 Å². The van der Waals surface area contributed by atoms with Crippen molar-refractivity contribution in [1.82, 2.24) is 9.55 Å². The van der Waals surface area contributed by atoms with Gasteiger partial charge in [-0.15, -0.1) is 0 Å². The van der Waals surface area contributed by atoms with Gasteiger partial charge in [0.2, 0.25) is 5.91 Å². The Kier molecular flexibility index (Phi) is 5.57. The van der Waals surface area contributed by atoms with Gasteiger partial charge in [0, 0.05) is 19.0 Å². The second-order valence-electron chi connectivity index (χ2n) is 6.41. The van der Waals surface area contributed by atoms with Gasteiger partial charge in [-0.25, -0.2) is 13.4 Å². The van der Waals surface area contributed by atoms with Gasteiger partial charge in [-0.3, -0.25) is 14.2 Å². The van der Waals surface area contributed by atoms with Gasteiger partial charge in [0.1, 0.15) is 0 Å². The van der Waals surface area contributed by atoms with Gasteiger partial charge in [-0.05, 0) is 43.3 Å². The van der Waals surface area contributed by atoms with Crippen molar-refractivity contribution in [3.05, 3.63) is 58.4 Å². The predicted octanol–water partition coefficient (Wildman–Crippen LogP) is 2.38. The maximum atomic E-state index is 12.5. The van der Waals surface area contributed by atoms with Crippen molar-refractivity contribution in [3.8, 4) is 0 Å². The maximum absolute atomic E-state index is 12.5. The number of anilines is 1. The summed E-state index contributed by atoms with van der Waals surface area (Å²) in [5.41, 5.74) is 1.91. The number of aromatic nitrogens is 2. The van der Waals surface area contributed by atoms with Crippen LogP contribution in [0.25, 0.3) is 10.9 Å². The summed E-state index contributed by atoms with van der Waals surface area (Å²) in [6, 6.07) is 11.4. The fourth-order valence-corrected chi connectivity index (χ4v) is 4.01. The van der Waals surface area contributed by atoms with Crippen LogP contribution in [0.2, 0.25) is 0 Å². The summed E-state index contributed by atoms with van der Waals surface area (Å²) >= 11 is 1.16. The number of hydrogen-bond acceptors (Lipinski definition) is 6. The topological polar surface area (TPSA) is 98.1 Å². The number of benzene rings is 2. The van der Waals surface area contributed by atoms with E-state index in [1.54, 1.807) is 19.2 Å². The van der Waals surface area contributed by atoms with Crippen molar-refractivity contribution >= 4 is 44.1 Å². The largest absolute Gasteiger partial charge is 0.325 e. The Bertz CT molecular complexity index is 1220. The van der Waals surface area contributed by atoms with Crippen LogP contribution < -0.4 is 10.9 Å². The molecule has 0 aliphatic rings. The van der Waals surface area contributed by atoms with E-state index < -0.39 is 9.84 Å². The lowest BCUT2D eigenvalue weighted by atomic mass is 10.2. The number of aryl methyl sites for hydroxylation is 1. The van der Waals surface area contributed by atoms with Crippen LogP contribution in [0.1, 0.15) is 5.56 Å². The van der Waals surface area contributed by atoms with Crippen LogP contribution in [0.4, 0.5) is 5.69 Å². The predicted molar refractivity (Wildman–Crippen MR) is 111 cm³/mol. The first-order chi connectivity index (χ1) is 13.1. The number of sulfone groups is 1. The van der Waals surface area contributed by atoms with E-state index in [1.807, 2.05) is 13.0 Å². The minimum absolute atomic E-state index is 0.0610. The number of rotatable bonds is 5. The molecule has 3 rings (SSSR count). The molecule has 2 aromatic carbocycles. The van der Waals surface area contributed by atoms with Crippen molar-refractivity contribution in [2.24, 2.45) is 7.05 Å². The summed E-state index contributed by atoms with van der Waals surface area (Å²) in [5, 5.41) is 3.69. The van der Waals surface area contributed by atoms with Crippen LogP contribution in [0.15, 0.2) is 57.3 Å². The first-order valence-corrected chi connectivity index (χ1v) is 11.2. The fourth-order valence-electron chi connectivity index (χ4n) is 2.61. The maximum Gasteiger partial charge on any atom is 0.261 e. The number of thioether (sulfide) groups is 1. The molecule has 1 amide bonds. The molecule has 9 heteroatoms. The third kappa shape index (κ3) is 4.42. The molecule has 0 unspecified atom stereocenters. The number of hydrogen-bond donors (Lipinski definition) is 1. The molecule has 0 saturated heterocycles. The minimum atomic E-state index is -3.28. The Labute approximate surface area is 166 Å². The molecule has 3 aromatic rings. The lowest BCUT2D eigenvalue weighted by Crippen LogP contribution is -2.21. The molecule has 146 valence electrons. The first kappa shape index (κ1) is 20.1. The number of nitrogens with zero attached hydrogens (tertiary/aromatic N) is 2. The average molecular weight is 418 g/mol. The van der Waals surface area contributed by atoms with E-state index in [0.29, 0.717) is 21.7 Å². The van der Waals surface area contributed by atoms with E-state index in [4.69, 9.17) is 0 Å². The van der Waals surface area contributed by atoms with Crippen LogP contribution >= 0.6 is 11.8 Å². The summed E-state index contributed by atoms with van der Waals surface area (Å²) in [7, 11) is -1.66. The molecule has 0 aliphatic carbocycles. The van der Waals surface area contributed by atoms with Gasteiger partial charge in [0.15, 0.2) is 15.0 Å². The Balaban J connectivity index is 1.72. The second-order valence-corrected chi connectivity index (χ2v) is 9.37. The number of fused-ring (bicyclic) bond motifs is 1. The number of nitrogens with one attached hydrogen (secondary N) is 1. The average Bonchev–Trinajstić information content (AvgIpc) is 2.64. The van der Waals surface area contributed by atoms with Crippen LogP contribution in [0, 0.1) is 6.92 Å². The Hall–Kier alpha value is -2.65. The van der Waals surface area contributed by atoms with Crippen molar-refractivity contribution in [2.45, 2.75) is 17.0 Å². The Morgan fingerprint density at radius 3 is 2.50 bits per heavy atom. The summed E-state index contributed by atoms with van der Waals surface area (Å²) in [6.07, 6.45) is 1.12. The van der Waals surface area contributed by atoms with Gasteiger partial charge >= 0.3 is 0 Å². The molecule has 7 nitrogen and oxygen atoms in total. The molecule has 0 fully saturated rings. The van der Waals surface area contributed by atoms with E-state index in [0.717, 1.165) is 23.6 Å². The van der Waals surface area contributed by atoms with Crippen molar-refractivity contribution < 1.29 is 13.2 Å². The summed E-state index contributed by atoms with van der Waals surface area (Å²) in [6.45, 7) is 1.91. The van der Waals surface area contributed by atoms with E-state index in [1.165, 1.54) is 28.8 Å². The molecule has 0 radical (unpaired) electrons. The molecule has 1 heterocycles. The first-order valence-electron chi connectivity index (χ1n) is 8.35. The van der Waals surface area contributed by atoms with E-state index in [-0.39, 0.29) is 22.1 Å². The van der Waals surface area contributed by atoms with Gasteiger partial charge in [0.05, 0.1) is 21.6 Å². The minimum Gasteiger partial charge on any atom is -0.325 e. The summed E-state index contributed by atoms with van der Waals surface area (Å²) in [5.74, 6) is -0.221. The third-order valence-electron chi connectivity index (χ3n) is 4.09. The number of amides is 1. The number of carbonyl (C=O) groups excluding carboxylic acids is 1. The van der Waals surface area contributed by atoms with Crippen LogP contribution in [0.3, 0.4) is 0 Å². The zero-order chi connectivity index (χ0) is 20.5. The number of carbonyl (C=O) groups is 1. The van der Waals surface area contributed by atoms with Gasteiger partial charge < -0.3 is 5.32 Å². The highest BCUT2D eigenvalue weighted by Crippen LogP contribution is 2.19. The lowest BCUT2D eigenvalue weighted by molar-refractivity contribution is -0.113. The van der Waals surface area contributed by atoms with Gasteiger partial charge in [-0.2, -0.15) is 0 Å². The quantitative estimate of drug-likeness (QED) is 0.506. The Morgan fingerprint density at radius 2 is 1.86 bits per heavy atom. The zero-order valence-electron chi connectivity index (χ0n) is 15.6.